The fourth-order valence-electron chi connectivity index (χ4n) is 1.90. The molecule has 0 rings (SSSR count). The Hall–Kier alpha value is -0.610. The van der Waals surface area contributed by atoms with Crippen LogP contribution in [0.3, 0.4) is 0 Å². The summed E-state index contributed by atoms with van der Waals surface area (Å²) in [6.07, 6.45) is 0.646. The molecule has 0 aromatic carbocycles. The van der Waals surface area contributed by atoms with E-state index in [9.17, 15) is 4.79 Å². The molecule has 0 aliphatic heterocycles. The monoisotopic (exact) mass is 259 g/mol. The molecule has 4 nitrogen and oxygen atoms in total. The van der Waals surface area contributed by atoms with Gasteiger partial charge in [-0.3, -0.25) is 4.79 Å². The molecule has 0 spiro atoms. The van der Waals surface area contributed by atoms with Gasteiger partial charge < -0.3 is 14.8 Å². The minimum Gasteiger partial charge on any atom is -0.465 e. The van der Waals surface area contributed by atoms with Gasteiger partial charge in [-0.05, 0) is 33.2 Å². The first-order valence-electron chi connectivity index (χ1n) is 6.89. The van der Waals surface area contributed by atoms with Crippen LogP contribution in [0.5, 0.6) is 0 Å². The predicted octanol–water partition coefficient (Wildman–Crippen LogP) is 2.37. The molecule has 0 aliphatic carbocycles. The second-order valence-corrected chi connectivity index (χ2v) is 5.32. The molecular weight excluding hydrogens is 230 g/mol. The van der Waals surface area contributed by atoms with E-state index in [1.54, 1.807) is 0 Å². The van der Waals surface area contributed by atoms with Gasteiger partial charge in [0.05, 0.1) is 12.7 Å². The minimum absolute atomic E-state index is 0.0286. The van der Waals surface area contributed by atoms with Crippen LogP contribution in [-0.4, -0.2) is 37.4 Å². The van der Waals surface area contributed by atoms with E-state index < -0.39 is 5.54 Å². The van der Waals surface area contributed by atoms with E-state index in [-0.39, 0.29) is 12.1 Å². The first kappa shape index (κ1) is 17.4. The topological polar surface area (TPSA) is 47.6 Å². The van der Waals surface area contributed by atoms with Crippen LogP contribution in [0.2, 0.25) is 0 Å². The van der Waals surface area contributed by atoms with Crippen LogP contribution in [0, 0.1) is 5.92 Å². The van der Waals surface area contributed by atoms with Gasteiger partial charge in [-0.15, -0.1) is 0 Å². The first-order chi connectivity index (χ1) is 8.35. The van der Waals surface area contributed by atoms with Gasteiger partial charge in [-0.25, -0.2) is 0 Å². The van der Waals surface area contributed by atoms with E-state index in [1.165, 1.54) is 0 Å². The number of likely N-dealkylation sites (N-methyl/N-ethyl adjacent to an activating group) is 1. The third-order valence-electron chi connectivity index (χ3n) is 2.70. The number of carbonyl (C=O) groups is 1. The Labute approximate surface area is 111 Å². The number of rotatable bonds is 9. The molecule has 0 saturated carbocycles. The molecule has 108 valence electrons. The van der Waals surface area contributed by atoms with Crippen LogP contribution in [0.1, 0.15) is 48.0 Å². The highest BCUT2D eigenvalue weighted by molar-refractivity contribution is 5.80. The van der Waals surface area contributed by atoms with E-state index >= 15 is 0 Å². The Bertz CT molecular complexity index is 243. The summed E-state index contributed by atoms with van der Waals surface area (Å²) in [7, 11) is 0. The van der Waals surface area contributed by atoms with Gasteiger partial charge in [0.15, 0.2) is 0 Å². The van der Waals surface area contributed by atoms with Gasteiger partial charge >= 0.3 is 5.97 Å². The predicted molar refractivity (Wildman–Crippen MR) is 73.6 cm³/mol. The zero-order valence-corrected chi connectivity index (χ0v) is 12.7. The van der Waals surface area contributed by atoms with E-state index in [1.807, 2.05) is 27.7 Å². The quantitative estimate of drug-likeness (QED) is 0.646. The average molecular weight is 259 g/mol. The van der Waals surface area contributed by atoms with E-state index in [0.717, 1.165) is 6.54 Å². The molecule has 0 saturated heterocycles. The molecule has 0 fully saturated rings. The van der Waals surface area contributed by atoms with Crippen molar-refractivity contribution in [2.75, 3.05) is 19.8 Å². The summed E-state index contributed by atoms with van der Waals surface area (Å²) in [5, 5.41) is 3.21. The van der Waals surface area contributed by atoms with Crippen molar-refractivity contribution in [3.8, 4) is 0 Å². The van der Waals surface area contributed by atoms with Gasteiger partial charge in [0.1, 0.15) is 5.54 Å². The molecule has 0 bridgehead atoms. The lowest BCUT2D eigenvalue weighted by Crippen LogP contribution is -2.52. The lowest BCUT2D eigenvalue weighted by atomic mass is 9.94. The number of esters is 1. The van der Waals surface area contributed by atoms with Crippen LogP contribution in [0.4, 0.5) is 0 Å². The second-order valence-electron chi connectivity index (χ2n) is 5.32. The van der Waals surface area contributed by atoms with Gasteiger partial charge in [-0.1, -0.05) is 20.8 Å². The summed E-state index contributed by atoms with van der Waals surface area (Å²) in [5.41, 5.74) is -0.666. The highest BCUT2D eigenvalue weighted by Gasteiger charge is 2.35. The molecule has 2 unspecified atom stereocenters. The second kappa shape index (κ2) is 8.48. The lowest BCUT2D eigenvalue weighted by Gasteiger charge is -2.31. The number of hydrogen-bond donors (Lipinski definition) is 1. The SMILES string of the molecule is CCNC(C)(CC(C)OCC(C)C)C(=O)OCC. The number of hydrogen-bond acceptors (Lipinski definition) is 4. The van der Waals surface area contributed by atoms with Crippen molar-refractivity contribution in [1.29, 1.82) is 0 Å². The highest BCUT2D eigenvalue weighted by Crippen LogP contribution is 2.17. The van der Waals surface area contributed by atoms with Crippen molar-refractivity contribution in [3.05, 3.63) is 0 Å². The lowest BCUT2D eigenvalue weighted by molar-refractivity contribution is -0.152. The van der Waals surface area contributed by atoms with E-state index in [4.69, 9.17) is 9.47 Å². The molecule has 4 heteroatoms. The summed E-state index contributed by atoms with van der Waals surface area (Å²) in [5.74, 6) is 0.298. The van der Waals surface area contributed by atoms with E-state index in [0.29, 0.717) is 25.6 Å². The molecular formula is C14H29NO3. The Morgan fingerprint density at radius 2 is 1.89 bits per heavy atom. The number of ether oxygens (including phenoxy) is 2. The van der Waals surface area contributed by atoms with Crippen LogP contribution in [0.15, 0.2) is 0 Å². The average Bonchev–Trinajstić information content (AvgIpc) is 2.27. The molecule has 0 heterocycles. The Kier molecular flexibility index (Phi) is 8.20. The molecule has 0 aliphatic rings. The van der Waals surface area contributed by atoms with Gasteiger partial charge in [-0.2, -0.15) is 0 Å². The van der Waals surface area contributed by atoms with E-state index in [2.05, 4.69) is 19.2 Å². The normalized spacial score (nSPS) is 16.4. The summed E-state index contributed by atoms with van der Waals surface area (Å²) in [6.45, 7) is 13.8. The van der Waals surface area contributed by atoms with Crippen molar-refractivity contribution in [2.24, 2.45) is 5.92 Å². The number of carbonyl (C=O) groups excluding carboxylic acids is 1. The third kappa shape index (κ3) is 6.36. The molecule has 0 amide bonds. The van der Waals surface area contributed by atoms with Gasteiger partial charge in [0, 0.05) is 13.0 Å². The van der Waals surface area contributed by atoms with Crippen molar-refractivity contribution in [3.63, 3.8) is 0 Å². The summed E-state index contributed by atoms with van der Waals surface area (Å²) in [4.78, 5) is 12.0. The Morgan fingerprint density at radius 3 is 2.33 bits per heavy atom. The first-order valence-corrected chi connectivity index (χ1v) is 6.89. The number of nitrogens with one attached hydrogen (secondary N) is 1. The molecule has 0 aromatic rings. The van der Waals surface area contributed by atoms with Gasteiger partial charge in [0.2, 0.25) is 0 Å². The zero-order chi connectivity index (χ0) is 14.2. The molecule has 18 heavy (non-hydrogen) atoms. The van der Waals surface area contributed by atoms with Gasteiger partial charge in [0.25, 0.3) is 0 Å². The maximum absolute atomic E-state index is 12.0. The smallest absolute Gasteiger partial charge is 0.326 e. The standard InChI is InChI=1S/C14H29NO3/c1-7-15-14(6,13(16)17-8-2)9-12(5)18-10-11(3)4/h11-12,15H,7-10H2,1-6H3. The Balaban J connectivity index is 4.44. The molecule has 0 radical (unpaired) electrons. The molecule has 0 aromatic heterocycles. The van der Waals surface area contributed by atoms with Crippen LogP contribution in [0.25, 0.3) is 0 Å². The fraction of sp³-hybridized carbons (Fsp3) is 0.929. The van der Waals surface area contributed by atoms with Crippen molar-refractivity contribution in [1.82, 2.24) is 5.32 Å². The van der Waals surface area contributed by atoms with Crippen LogP contribution < -0.4 is 5.32 Å². The van der Waals surface area contributed by atoms with Crippen molar-refractivity contribution >= 4 is 5.97 Å². The summed E-state index contributed by atoms with van der Waals surface area (Å²) in [6, 6.07) is 0. The van der Waals surface area contributed by atoms with Crippen molar-refractivity contribution in [2.45, 2.75) is 59.6 Å². The fourth-order valence-corrected chi connectivity index (χ4v) is 1.90. The largest absolute Gasteiger partial charge is 0.465 e. The maximum atomic E-state index is 12.0. The maximum Gasteiger partial charge on any atom is 0.326 e. The highest BCUT2D eigenvalue weighted by atomic mass is 16.5. The molecule has 2 atom stereocenters. The summed E-state index contributed by atoms with van der Waals surface area (Å²) >= 11 is 0. The zero-order valence-electron chi connectivity index (χ0n) is 12.7. The minimum atomic E-state index is -0.666. The van der Waals surface area contributed by atoms with Crippen LogP contribution in [-0.2, 0) is 14.3 Å². The van der Waals surface area contributed by atoms with Crippen LogP contribution >= 0.6 is 0 Å². The third-order valence-corrected chi connectivity index (χ3v) is 2.70. The molecule has 1 N–H and O–H groups in total. The summed E-state index contributed by atoms with van der Waals surface area (Å²) < 4.78 is 10.9. The van der Waals surface area contributed by atoms with Crippen molar-refractivity contribution < 1.29 is 14.3 Å². The Morgan fingerprint density at radius 1 is 1.28 bits per heavy atom.